The molecule has 32 heavy (non-hydrogen) atoms. The molecule has 5 nitrogen and oxygen atoms in total. The summed E-state index contributed by atoms with van der Waals surface area (Å²) in [6.45, 7) is -0.420. The number of carbonyl (C=O) groups excluding carboxylic acids is 3. The molecule has 0 aliphatic carbocycles. The molecule has 1 aliphatic heterocycles. The second-order valence-corrected chi connectivity index (χ2v) is 7.91. The summed E-state index contributed by atoms with van der Waals surface area (Å²) in [6, 6.07) is 12.8. The number of rotatable bonds is 7. The minimum absolute atomic E-state index is 0.0210. The Morgan fingerprint density at radius 1 is 1.06 bits per heavy atom. The summed E-state index contributed by atoms with van der Waals surface area (Å²) in [7, 11) is 0. The largest absolute Gasteiger partial charge is 0.396 e. The third-order valence-corrected chi connectivity index (χ3v) is 5.62. The number of hydrogen-bond acceptors (Lipinski definition) is 4. The molecule has 1 atom stereocenters. The quantitative estimate of drug-likeness (QED) is 0.474. The Labute approximate surface area is 185 Å². The van der Waals surface area contributed by atoms with Crippen LogP contribution in [-0.4, -0.2) is 41.2 Å². The van der Waals surface area contributed by atoms with Gasteiger partial charge in [-0.15, -0.1) is 0 Å². The van der Waals surface area contributed by atoms with E-state index in [1.54, 1.807) is 12.1 Å². The summed E-state index contributed by atoms with van der Waals surface area (Å²) in [5.41, 5.74) is 0.116. The molecule has 1 heterocycles. The second-order valence-electron chi connectivity index (χ2n) is 6.91. The smallest absolute Gasteiger partial charge is 0.354 e. The molecule has 1 fully saturated rings. The van der Waals surface area contributed by atoms with E-state index >= 15 is 0 Å². The predicted octanol–water partition coefficient (Wildman–Crippen LogP) is 4.71. The Bertz CT molecular complexity index is 1040. The predicted molar refractivity (Wildman–Crippen MR) is 112 cm³/mol. The highest BCUT2D eigenvalue weighted by atomic mass is 32.2. The minimum Gasteiger partial charge on any atom is -0.354 e. The van der Waals surface area contributed by atoms with Crippen LogP contribution in [0.15, 0.2) is 59.5 Å². The van der Waals surface area contributed by atoms with E-state index in [2.05, 4.69) is 5.32 Å². The maximum atomic E-state index is 13.8. The van der Waals surface area contributed by atoms with Crippen LogP contribution in [0.2, 0.25) is 0 Å². The summed E-state index contributed by atoms with van der Waals surface area (Å²) >= 11 is 0.626. The Morgan fingerprint density at radius 2 is 1.72 bits per heavy atom. The average molecular weight is 466 g/mol. The molecule has 0 aromatic heterocycles. The van der Waals surface area contributed by atoms with Gasteiger partial charge in [-0.25, -0.2) is 4.39 Å². The Hall–Kier alpha value is -3.14. The number of nitrogens with one attached hydrogen (secondary N) is 1. The molecule has 0 radical (unpaired) electrons. The number of benzene rings is 2. The lowest BCUT2D eigenvalue weighted by Crippen LogP contribution is -2.38. The van der Waals surface area contributed by atoms with E-state index in [-0.39, 0.29) is 29.1 Å². The van der Waals surface area contributed by atoms with Gasteiger partial charge in [0, 0.05) is 25.1 Å². The highest BCUT2D eigenvalue weighted by Gasteiger charge is 2.42. The molecule has 1 aliphatic rings. The highest BCUT2D eigenvalue weighted by molar-refractivity contribution is 8.18. The monoisotopic (exact) mass is 466 g/mol. The van der Waals surface area contributed by atoms with E-state index in [0.717, 1.165) is 4.90 Å². The van der Waals surface area contributed by atoms with E-state index in [4.69, 9.17) is 0 Å². The Morgan fingerprint density at radius 3 is 2.38 bits per heavy atom. The number of hydrogen-bond donors (Lipinski definition) is 1. The van der Waals surface area contributed by atoms with E-state index < -0.39 is 41.4 Å². The number of thioether (sulfide) groups is 1. The van der Waals surface area contributed by atoms with Crippen LogP contribution < -0.4 is 5.32 Å². The molecule has 1 unspecified atom stereocenters. The van der Waals surface area contributed by atoms with Gasteiger partial charge in [0.2, 0.25) is 5.91 Å². The van der Waals surface area contributed by atoms with Crippen molar-refractivity contribution >= 4 is 34.9 Å². The molecule has 0 spiro atoms. The van der Waals surface area contributed by atoms with Gasteiger partial charge in [-0.1, -0.05) is 48.5 Å². The van der Waals surface area contributed by atoms with Crippen molar-refractivity contribution in [3.05, 3.63) is 76.4 Å². The van der Waals surface area contributed by atoms with Gasteiger partial charge >= 0.3 is 6.18 Å². The maximum Gasteiger partial charge on any atom is 0.396 e. The van der Waals surface area contributed by atoms with Crippen molar-refractivity contribution in [2.75, 3.05) is 13.1 Å². The SMILES string of the molecule is O=C(CC(c1ccccc1)C(F)(F)F)NCCN1C(=O)S/C(=C\c2ccccc2F)C1=O. The van der Waals surface area contributed by atoms with Gasteiger partial charge < -0.3 is 5.32 Å². The standard InChI is InChI=1S/C22H18F4N2O3S/c23-17-9-5-4-8-15(17)12-18-20(30)28(21(31)32-18)11-10-27-19(29)13-16(22(24,25)26)14-6-2-1-3-7-14/h1-9,12,16H,10-11,13H2,(H,27,29)/b18-12-. The molecule has 3 amide bonds. The molecule has 2 aromatic carbocycles. The van der Waals surface area contributed by atoms with Crippen molar-refractivity contribution in [3.63, 3.8) is 0 Å². The number of carbonyl (C=O) groups is 3. The molecule has 1 N–H and O–H groups in total. The van der Waals surface area contributed by atoms with Crippen LogP contribution in [0.5, 0.6) is 0 Å². The summed E-state index contributed by atoms with van der Waals surface area (Å²) in [5, 5.41) is 1.72. The van der Waals surface area contributed by atoms with E-state index in [9.17, 15) is 31.9 Å². The first-order valence-corrected chi connectivity index (χ1v) is 10.4. The van der Waals surface area contributed by atoms with Crippen LogP contribution in [0, 0.1) is 5.82 Å². The normalized spacial score (nSPS) is 16.5. The van der Waals surface area contributed by atoms with Gasteiger partial charge in [0.25, 0.3) is 11.1 Å². The van der Waals surface area contributed by atoms with Gasteiger partial charge in [0.1, 0.15) is 5.82 Å². The minimum atomic E-state index is -4.61. The lowest BCUT2D eigenvalue weighted by molar-refractivity contribution is -0.157. The number of alkyl halides is 3. The van der Waals surface area contributed by atoms with Gasteiger partial charge in [0.15, 0.2) is 0 Å². The fraction of sp³-hybridized carbons (Fsp3) is 0.227. The van der Waals surface area contributed by atoms with Gasteiger partial charge in [0.05, 0.1) is 10.8 Å². The zero-order valence-corrected chi connectivity index (χ0v) is 17.4. The van der Waals surface area contributed by atoms with E-state index in [1.165, 1.54) is 48.5 Å². The van der Waals surface area contributed by atoms with Gasteiger partial charge in [-0.05, 0) is 29.5 Å². The highest BCUT2D eigenvalue weighted by Crippen LogP contribution is 2.37. The summed E-state index contributed by atoms with van der Waals surface area (Å²) in [5.74, 6) is -4.03. The lowest BCUT2D eigenvalue weighted by Gasteiger charge is -2.20. The maximum absolute atomic E-state index is 13.8. The van der Waals surface area contributed by atoms with Crippen LogP contribution in [0.4, 0.5) is 22.4 Å². The third-order valence-electron chi connectivity index (χ3n) is 4.71. The molecule has 0 saturated carbocycles. The molecule has 3 rings (SSSR count). The zero-order chi connectivity index (χ0) is 23.3. The van der Waals surface area contributed by atoms with Crippen LogP contribution in [0.3, 0.4) is 0 Å². The fourth-order valence-electron chi connectivity index (χ4n) is 3.10. The van der Waals surface area contributed by atoms with Crippen molar-refractivity contribution in [1.29, 1.82) is 0 Å². The number of halogens is 4. The van der Waals surface area contributed by atoms with Crippen LogP contribution in [0.25, 0.3) is 6.08 Å². The first-order valence-electron chi connectivity index (χ1n) is 9.55. The Kier molecular flexibility index (Phi) is 7.34. The van der Waals surface area contributed by atoms with Gasteiger partial charge in [-0.2, -0.15) is 13.2 Å². The van der Waals surface area contributed by atoms with Crippen molar-refractivity contribution in [1.82, 2.24) is 10.2 Å². The van der Waals surface area contributed by atoms with Gasteiger partial charge in [-0.3, -0.25) is 19.3 Å². The summed E-state index contributed by atoms with van der Waals surface area (Å²) in [6.07, 6.45) is -4.17. The molecule has 2 aromatic rings. The fourth-order valence-corrected chi connectivity index (χ4v) is 3.95. The first-order chi connectivity index (χ1) is 15.2. The lowest BCUT2D eigenvalue weighted by atomic mass is 9.95. The molecular weight excluding hydrogens is 448 g/mol. The van der Waals surface area contributed by atoms with Crippen molar-refractivity contribution in [2.45, 2.75) is 18.5 Å². The second kappa shape index (κ2) is 9.99. The van der Waals surface area contributed by atoms with E-state index in [1.807, 2.05) is 0 Å². The topological polar surface area (TPSA) is 66.5 Å². The molecule has 168 valence electrons. The summed E-state index contributed by atoms with van der Waals surface area (Å²) in [4.78, 5) is 37.5. The van der Waals surface area contributed by atoms with Crippen LogP contribution in [-0.2, 0) is 9.59 Å². The average Bonchev–Trinajstić information content (AvgIpc) is 3.01. The molecule has 10 heteroatoms. The third kappa shape index (κ3) is 5.76. The zero-order valence-electron chi connectivity index (χ0n) is 16.6. The van der Waals surface area contributed by atoms with E-state index in [0.29, 0.717) is 11.8 Å². The van der Waals surface area contributed by atoms with Crippen LogP contribution in [0.1, 0.15) is 23.5 Å². The number of imide groups is 1. The Balaban J connectivity index is 1.57. The van der Waals surface area contributed by atoms with Crippen molar-refractivity contribution < 1.29 is 31.9 Å². The first kappa shape index (κ1) is 23.5. The van der Waals surface area contributed by atoms with Crippen molar-refractivity contribution in [2.24, 2.45) is 0 Å². The molecular formula is C22H18F4N2O3S. The van der Waals surface area contributed by atoms with Crippen LogP contribution >= 0.6 is 11.8 Å². The molecule has 1 saturated heterocycles. The van der Waals surface area contributed by atoms with Crippen molar-refractivity contribution in [3.8, 4) is 0 Å². The number of nitrogens with zero attached hydrogens (tertiary/aromatic N) is 1. The summed E-state index contributed by atoms with van der Waals surface area (Å²) < 4.78 is 53.9. The molecule has 0 bridgehead atoms. The number of amides is 3.